The number of aryl methyl sites for hydroxylation is 1. The van der Waals surface area contributed by atoms with Crippen LogP contribution in [0.5, 0.6) is 0 Å². The van der Waals surface area contributed by atoms with Gasteiger partial charge in [-0.05, 0) is 37.1 Å². The van der Waals surface area contributed by atoms with Crippen LogP contribution in [-0.4, -0.2) is 35.6 Å². The summed E-state index contributed by atoms with van der Waals surface area (Å²) in [5, 5.41) is 8.96. The van der Waals surface area contributed by atoms with E-state index >= 15 is 0 Å². The molecule has 0 aromatic heterocycles. The van der Waals surface area contributed by atoms with E-state index in [0.29, 0.717) is 18.7 Å². The van der Waals surface area contributed by atoms with Crippen molar-refractivity contribution >= 4 is 21.8 Å². The third-order valence-electron chi connectivity index (χ3n) is 2.56. The second-order valence-corrected chi connectivity index (χ2v) is 4.83. The molecule has 4 heteroatoms. The van der Waals surface area contributed by atoms with E-state index in [1.54, 1.807) is 11.0 Å². The van der Waals surface area contributed by atoms with Gasteiger partial charge in [-0.1, -0.05) is 22.9 Å². The zero-order valence-electron chi connectivity index (χ0n) is 10.2. The lowest BCUT2D eigenvalue weighted by atomic mass is 10.1. The zero-order chi connectivity index (χ0) is 12.8. The van der Waals surface area contributed by atoms with Gasteiger partial charge in [0.15, 0.2) is 0 Å². The molecule has 1 amide bonds. The molecule has 94 valence electrons. The van der Waals surface area contributed by atoms with Crippen molar-refractivity contribution in [3.8, 4) is 0 Å². The van der Waals surface area contributed by atoms with Gasteiger partial charge in [0.05, 0.1) is 6.61 Å². The molecule has 0 aliphatic heterocycles. The second kappa shape index (κ2) is 6.77. The standard InChI is InChI=1S/C13H18BrNO2/c1-3-6-15(7-8-16)13(17)11-4-5-12(14)10(2)9-11/h4-5,9,16H,3,6-8H2,1-2H3. The maximum atomic E-state index is 12.2. The van der Waals surface area contributed by atoms with Gasteiger partial charge in [0.1, 0.15) is 0 Å². The van der Waals surface area contributed by atoms with Crippen molar-refractivity contribution in [2.75, 3.05) is 19.7 Å². The lowest BCUT2D eigenvalue weighted by molar-refractivity contribution is 0.0722. The molecule has 0 fully saturated rings. The number of rotatable bonds is 5. The molecule has 3 nitrogen and oxygen atoms in total. The molecule has 0 aliphatic carbocycles. The number of aliphatic hydroxyl groups excluding tert-OH is 1. The molecule has 0 radical (unpaired) electrons. The summed E-state index contributed by atoms with van der Waals surface area (Å²) in [4.78, 5) is 13.9. The Morgan fingerprint density at radius 2 is 2.12 bits per heavy atom. The second-order valence-electron chi connectivity index (χ2n) is 3.98. The van der Waals surface area contributed by atoms with Crippen LogP contribution in [0.2, 0.25) is 0 Å². The monoisotopic (exact) mass is 299 g/mol. The van der Waals surface area contributed by atoms with Gasteiger partial charge in [-0.2, -0.15) is 0 Å². The summed E-state index contributed by atoms with van der Waals surface area (Å²) >= 11 is 3.41. The van der Waals surface area contributed by atoms with Gasteiger partial charge in [-0.25, -0.2) is 0 Å². The number of hydrogen-bond acceptors (Lipinski definition) is 2. The Morgan fingerprint density at radius 1 is 1.41 bits per heavy atom. The van der Waals surface area contributed by atoms with E-state index in [1.807, 2.05) is 26.0 Å². The van der Waals surface area contributed by atoms with Crippen LogP contribution in [0.25, 0.3) is 0 Å². The fourth-order valence-electron chi connectivity index (χ4n) is 1.67. The summed E-state index contributed by atoms with van der Waals surface area (Å²) in [6, 6.07) is 5.55. The van der Waals surface area contributed by atoms with E-state index in [2.05, 4.69) is 15.9 Å². The van der Waals surface area contributed by atoms with Crippen LogP contribution in [0.3, 0.4) is 0 Å². The highest BCUT2D eigenvalue weighted by molar-refractivity contribution is 9.10. The quantitative estimate of drug-likeness (QED) is 0.908. The highest BCUT2D eigenvalue weighted by Gasteiger charge is 2.14. The van der Waals surface area contributed by atoms with E-state index in [0.717, 1.165) is 16.5 Å². The Bertz CT molecular complexity index is 387. The van der Waals surface area contributed by atoms with Crippen molar-refractivity contribution in [1.82, 2.24) is 4.90 Å². The molecular formula is C13H18BrNO2. The van der Waals surface area contributed by atoms with E-state index in [1.165, 1.54) is 0 Å². The van der Waals surface area contributed by atoms with Crippen LogP contribution in [0.1, 0.15) is 29.3 Å². The van der Waals surface area contributed by atoms with Gasteiger partial charge in [0.2, 0.25) is 0 Å². The summed E-state index contributed by atoms with van der Waals surface area (Å²) in [7, 11) is 0. The number of carbonyl (C=O) groups excluding carboxylic acids is 1. The molecule has 0 spiro atoms. The maximum absolute atomic E-state index is 12.2. The number of benzene rings is 1. The summed E-state index contributed by atoms with van der Waals surface area (Å²) < 4.78 is 0.998. The molecule has 0 atom stereocenters. The Labute approximate surface area is 111 Å². The first-order valence-electron chi connectivity index (χ1n) is 5.76. The van der Waals surface area contributed by atoms with E-state index in [-0.39, 0.29) is 12.5 Å². The molecular weight excluding hydrogens is 282 g/mol. The molecule has 0 unspecified atom stereocenters. The number of amides is 1. The normalized spacial score (nSPS) is 10.4. The van der Waals surface area contributed by atoms with Crippen LogP contribution >= 0.6 is 15.9 Å². The number of hydrogen-bond donors (Lipinski definition) is 1. The van der Waals surface area contributed by atoms with Crippen molar-refractivity contribution in [3.63, 3.8) is 0 Å². The minimum absolute atomic E-state index is 0.00124. The Hall–Kier alpha value is -0.870. The molecule has 1 aromatic carbocycles. The lowest BCUT2D eigenvalue weighted by Gasteiger charge is -2.21. The van der Waals surface area contributed by atoms with Crippen molar-refractivity contribution < 1.29 is 9.90 Å². The molecule has 0 bridgehead atoms. The summed E-state index contributed by atoms with van der Waals surface area (Å²) in [5.41, 5.74) is 1.71. The smallest absolute Gasteiger partial charge is 0.253 e. The Balaban J connectivity index is 2.88. The Morgan fingerprint density at radius 3 is 2.65 bits per heavy atom. The number of nitrogens with zero attached hydrogens (tertiary/aromatic N) is 1. The van der Waals surface area contributed by atoms with E-state index in [9.17, 15) is 4.79 Å². The van der Waals surface area contributed by atoms with Crippen LogP contribution in [0, 0.1) is 6.92 Å². The fraction of sp³-hybridized carbons (Fsp3) is 0.462. The van der Waals surface area contributed by atoms with Crippen molar-refractivity contribution in [2.45, 2.75) is 20.3 Å². The summed E-state index contributed by atoms with van der Waals surface area (Å²) in [6.07, 6.45) is 0.890. The van der Waals surface area contributed by atoms with Crippen LogP contribution in [0.4, 0.5) is 0 Å². The predicted octanol–water partition coefficient (Wildman–Crippen LogP) is 2.60. The van der Waals surface area contributed by atoms with Gasteiger partial charge in [-0.3, -0.25) is 4.79 Å². The molecule has 0 saturated heterocycles. The molecule has 0 saturated carbocycles. The molecule has 0 aliphatic rings. The molecule has 1 aromatic rings. The summed E-state index contributed by atoms with van der Waals surface area (Å²) in [5.74, 6) is -0.0171. The first kappa shape index (κ1) is 14.2. The topological polar surface area (TPSA) is 40.5 Å². The highest BCUT2D eigenvalue weighted by atomic mass is 79.9. The van der Waals surface area contributed by atoms with Crippen molar-refractivity contribution in [2.24, 2.45) is 0 Å². The average Bonchev–Trinajstić information content (AvgIpc) is 2.31. The van der Waals surface area contributed by atoms with Crippen molar-refractivity contribution in [3.05, 3.63) is 33.8 Å². The first-order chi connectivity index (χ1) is 8.10. The van der Waals surface area contributed by atoms with Crippen LogP contribution in [-0.2, 0) is 0 Å². The lowest BCUT2D eigenvalue weighted by Crippen LogP contribution is -2.34. The third-order valence-corrected chi connectivity index (χ3v) is 3.45. The predicted molar refractivity (Wildman–Crippen MR) is 72.2 cm³/mol. The number of halogens is 1. The van der Waals surface area contributed by atoms with E-state index in [4.69, 9.17) is 5.11 Å². The van der Waals surface area contributed by atoms with Gasteiger partial charge in [-0.15, -0.1) is 0 Å². The molecule has 1 rings (SSSR count). The largest absolute Gasteiger partial charge is 0.395 e. The Kier molecular flexibility index (Phi) is 5.65. The maximum Gasteiger partial charge on any atom is 0.253 e. The van der Waals surface area contributed by atoms with Gasteiger partial charge < -0.3 is 10.0 Å². The zero-order valence-corrected chi connectivity index (χ0v) is 11.8. The number of carbonyl (C=O) groups is 1. The van der Waals surface area contributed by atoms with Crippen LogP contribution < -0.4 is 0 Å². The van der Waals surface area contributed by atoms with E-state index < -0.39 is 0 Å². The van der Waals surface area contributed by atoms with Gasteiger partial charge in [0, 0.05) is 23.1 Å². The molecule has 0 heterocycles. The summed E-state index contributed by atoms with van der Waals surface area (Å²) in [6.45, 7) is 5.04. The third kappa shape index (κ3) is 3.82. The van der Waals surface area contributed by atoms with Crippen LogP contribution in [0.15, 0.2) is 22.7 Å². The highest BCUT2D eigenvalue weighted by Crippen LogP contribution is 2.18. The molecule has 17 heavy (non-hydrogen) atoms. The minimum Gasteiger partial charge on any atom is -0.395 e. The minimum atomic E-state index is -0.0171. The van der Waals surface area contributed by atoms with Gasteiger partial charge in [0.25, 0.3) is 5.91 Å². The molecule has 1 N–H and O–H groups in total. The van der Waals surface area contributed by atoms with Crippen molar-refractivity contribution in [1.29, 1.82) is 0 Å². The first-order valence-corrected chi connectivity index (χ1v) is 6.55. The fourth-order valence-corrected chi connectivity index (χ4v) is 1.91. The van der Waals surface area contributed by atoms with Gasteiger partial charge >= 0.3 is 0 Å². The average molecular weight is 300 g/mol. The number of aliphatic hydroxyl groups is 1. The SMILES string of the molecule is CCCN(CCO)C(=O)c1ccc(Br)c(C)c1.